The van der Waals surface area contributed by atoms with Crippen molar-refractivity contribution >= 4 is 11.4 Å². The third kappa shape index (κ3) is 2.68. The Hall–Kier alpha value is -2.13. The number of hydrogen-bond acceptors (Lipinski definition) is 5. The van der Waals surface area contributed by atoms with E-state index in [1.54, 1.807) is 6.92 Å². The second kappa shape index (κ2) is 5.09. The van der Waals surface area contributed by atoms with Gasteiger partial charge in [-0.05, 0) is 19.1 Å². The van der Waals surface area contributed by atoms with E-state index in [-0.39, 0.29) is 23.9 Å². The van der Waals surface area contributed by atoms with Crippen LogP contribution in [0.5, 0.6) is 0 Å². The van der Waals surface area contributed by atoms with Crippen molar-refractivity contribution < 1.29 is 10.0 Å². The maximum atomic E-state index is 10.8. The normalized spacial score (nSPS) is 11.6. The quantitative estimate of drug-likeness (QED) is 0.589. The van der Waals surface area contributed by atoms with Crippen molar-refractivity contribution in [2.75, 3.05) is 11.9 Å². The third-order valence-electron chi connectivity index (χ3n) is 2.00. The fourth-order valence-electron chi connectivity index (χ4n) is 1.19. The highest BCUT2D eigenvalue weighted by atomic mass is 16.6. The highest BCUT2D eigenvalue weighted by molar-refractivity contribution is 5.64. The second-order valence-corrected chi connectivity index (χ2v) is 3.33. The van der Waals surface area contributed by atoms with E-state index in [0.29, 0.717) is 5.69 Å². The number of nitro benzene ring substituents is 1. The molecule has 1 aromatic rings. The summed E-state index contributed by atoms with van der Waals surface area (Å²) >= 11 is 0. The number of nitriles is 1. The van der Waals surface area contributed by atoms with Crippen LogP contribution in [0.4, 0.5) is 11.4 Å². The number of aliphatic hydroxyl groups excluding tert-OH is 1. The summed E-state index contributed by atoms with van der Waals surface area (Å²) in [5.41, 5.74) is 0.360. The second-order valence-electron chi connectivity index (χ2n) is 3.33. The molecule has 1 aromatic carbocycles. The fraction of sp³-hybridized carbons (Fsp3) is 0.300. The third-order valence-corrected chi connectivity index (χ3v) is 2.00. The minimum absolute atomic E-state index is 0.128. The molecule has 1 unspecified atom stereocenters. The molecule has 1 atom stereocenters. The van der Waals surface area contributed by atoms with Crippen LogP contribution in [0.15, 0.2) is 18.2 Å². The molecule has 0 heterocycles. The molecule has 1 rings (SSSR count). The molecular weight excluding hydrogens is 210 g/mol. The number of rotatable bonds is 4. The van der Waals surface area contributed by atoms with Crippen LogP contribution in [0.1, 0.15) is 12.5 Å². The molecule has 84 valence electrons. The van der Waals surface area contributed by atoms with Gasteiger partial charge in [0.05, 0.1) is 23.2 Å². The van der Waals surface area contributed by atoms with Crippen molar-refractivity contribution in [3.05, 3.63) is 33.9 Å². The van der Waals surface area contributed by atoms with Gasteiger partial charge in [-0.1, -0.05) is 0 Å². The minimum atomic E-state index is -0.562. The number of hydrogen-bond donors (Lipinski definition) is 2. The average molecular weight is 221 g/mol. The Morgan fingerprint density at radius 2 is 2.38 bits per heavy atom. The van der Waals surface area contributed by atoms with Gasteiger partial charge in [0.2, 0.25) is 0 Å². The monoisotopic (exact) mass is 221 g/mol. The molecule has 0 spiro atoms. The zero-order valence-electron chi connectivity index (χ0n) is 8.67. The first-order valence-electron chi connectivity index (χ1n) is 4.64. The Morgan fingerprint density at radius 1 is 1.69 bits per heavy atom. The lowest BCUT2D eigenvalue weighted by Gasteiger charge is -2.12. The SMILES string of the molecule is CC(CO)Nc1ccc(C#N)cc1[N+](=O)[O-]. The Balaban J connectivity index is 3.09. The van der Waals surface area contributed by atoms with E-state index in [1.807, 2.05) is 6.07 Å². The molecular formula is C10H11N3O3. The van der Waals surface area contributed by atoms with Crippen LogP contribution in [0.3, 0.4) is 0 Å². The molecule has 0 aliphatic carbocycles. The number of aliphatic hydroxyl groups is 1. The van der Waals surface area contributed by atoms with Gasteiger partial charge in [-0.2, -0.15) is 5.26 Å². The molecule has 0 saturated carbocycles. The van der Waals surface area contributed by atoms with Crippen molar-refractivity contribution in [3.8, 4) is 6.07 Å². The molecule has 0 saturated heterocycles. The molecule has 0 fully saturated rings. The van der Waals surface area contributed by atoms with Gasteiger partial charge < -0.3 is 10.4 Å². The molecule has 6 nitrogen and oxygen atoms in total. The lowest BCUT2D eigenvalue weighted by Crippen LogP contribution is -2.19. The number of anilines is 1. The summed E-state index contributed by atoms with van der Waals surface area (Å²) in [7, 11) is 0. The predicted octanol–water partition coefficient (Wildman–Crippen LogP) is 1.26. The Morgan fingerprint density at radius 3 is 2.88 bits per heavy atom. The molecule has 0 aliphatic rings. The van der Waals surface area contributed by atoms with Crippen LogP contribution in [0, 0.1) is 21.4 Å². The van der Waals surface area contributed by atoms with Gasteiger partial charge in [-0.3, -0.25) is 10.1 Å². The predicted molar refractivity (Wildman–Crippen MR) is 58.0 cm³/mol. The van der Waals surface area contributed by atoms with Crippen molar-refractivity contribution in [3.63, 3.8) is 0 Å². The molecule has 0 amide bonds. The molecule has 0 aliphatic heterocycles. The number of nitrogens with one attached hydrogen (secondary N) is 1. The standard InChI is InChI=1S/C10H11N3O3/c1-7(6-14)12-9-3-2-8(5-11)4-10(9)13(15)16/h2-4,7,12,14H,6H2,1H3. The summed E-state index contributed by atoms with van der Waals surface area (Å²) in [4.78, 5) is 10.2. The zero-order chi connectivity index (χ0) is 12.1. The number of nitrogens with zero attached hydrogens (tertiary/aromatic N) is 2. The summed E-state index contributed by atoms with van der Waals surface area (Å²) in [5.74, 6) is 0. The fourth-order valence-corrected chi connectivity index (χ4v) is 1.19. The topological polar surface area (TPSA) is 99.2 Å². The zero-order valence-corrected chi connectivity index (χ0v) is 8.67. The molecule has 2 N–H and O–H groups in total. The Bertz CT molecular complexity index is 439. The maximum absolute atomic E-state index is 10.8. The summed E-state index contributed by atoms with van der Waals surface area (Å²) in [6.07, 6.45) is 0. The Labute approximate surface area is 92.3 Å². The first-order valence-corrected chi connectivity index (χ1v) is 4.64. The van der Waals surface area contributed by atoms with Crippen LogP contribution >= 0.6 is 0 Å². The first kappa shape index (κ1) is 11.9. The summed E-state index contributed by atoms with van der Waals surface area (Å²) in [6.45, 7) is 1.57. The summed E-state index contributed by atoms with van der Waals surface area (Å²) < 4.78 is 0. The van der Waals surface area contributed by atoms with E-state index in [0.717, 1.165) is 0 Å². The van der Waals surface area contributed by atoms with Gasteiger partial charge in [0.25, 0.3) is 5.69 Å². The van der Waals surface area contributed by atoms with Crippen molar-refractivity contribution in [1.82, 2.24) is 0 Å². The summed E-state index contributed by atoms with van der Waals surface area (Å²) in [5, 5.41) is 31.0. The number of nitro groups is 1. The Kier molecular flexibility index (Phi) is 3.80. The molecule has 0 bridgehead atoms. The van der Waals surface area contributed by atoms with Crippen LogP contribution in [-0.2, 0) is 0 Å². The van der Waals surface area contributed by atoms with Crippen LogP contribution < -0.4 is 5.32 Å². The minimum Gasteiger partial charge on any atom is -0.394 e. The average Bonchev–Trinajstić information content (AvgIpc) is 2.29. The number of benzene rings is 1. The van der Waals surface area contributed by atoms with Gasteiger partial charge >= 0.3 is 0 Å². The van der Waals surface area contributed by atoms with E-state index < -0.39 is 4.92 Å². The smallest absolute Gasteiger partial charge is 0.293 e. The van der Waals surface area contributed by atoms with Crippen molar-refractivity contribution in [1.29, 1.82) is 5.26 Å². The molecule has 16 heavy (non-hydrogen) atoms. The molecule has 6 heteroatoms. The van der Waals surface area contributed by atoms with Gasteiger partial charge in [0.15, 0.2) is 0 Å². The van der Waals surface area contributed by atoms with Crippen LogP contribution in [0.2, 0.25) is 0 Å². The van der Waals surface area contributed by atoms with Gasteiger partial charge in [0, 0.05) is 12.1 Å². The highest BCUT2D eigenvalue weighted by Gasteiger charge is 2.15. The maximum Gasteiger partial charge on any atom is 0.293 e. The lowest BCUT2D eigenvalue weighted by molar-refractivity contribution is -0.384. The summed E-state index contributed by atoms with van der Waals surface area (Å²) in [6, 6.07) is 5.70. The van der Waals surface area contributed by atoms with Gasteiger partial charge in [0.1, 0.15) is 5.69 Å². The molecule has 0 radical (unpaired) electrons. The highest BCUT2D eigenvalue weighted by Crippen LogP contribution is 2.25. The van der Waals surface area contributed by atoms with Crippen LogP contribution in [-0.4, -0.2) is 22.7 Å². The van der Waals surface area contributed by atoms with Crippen molar-refractivity contribution in [2.45, 2.75) is 13.0 Å². The van der Waals surface area contributed by atoms with E-state index in [2.05, 4.69) is 5.32 Å². The van der Waals surface area contributed by atoms with Gasteiger partial charge in [-0.15, -0.1) is 0 Å². The van der Waals surface area contributed by atoms with E-state index in [1.165, 1.54) is 18.2 Å². The van der Waals surface area contributed by atoms with E-state index in [9.17, 15) is 10.1 Å². The van der Waals surface area contributed by atoms with E-state index >= 15 is 0 Å². The van der Waals surface area contributed by atoms with E-state index in [4.69, 9.17) is 10.4 Å². The molecule has 0 aromatic heterocycles. The van der Waals surface area contributed by atoms with Crippen molar-refractivity contribution in [2.24, 2.45) is 0 Å². The lowest BCUT2D eigenvalue weighted by atomic mass is 10.1. The first-order chi connectivity index (χ1) is 7.58. The largest absolute Gasteiger partial charge is 0.394 e. The van der Waals surface area contributed by atoms with Crippen LogP contribution in [0.25, 0.3) is 0 Å². The van der Waals surface area contributed by atoms with Gasteiger partial charge in [-0.25, -0.2) is 0 Å².